The van der Waals surface area contributed by atoms with Gasteiger partial charge in [0.15, 0.2) is 5.82 Å². The maximum Gasteiger partial charge on any atom is 0.187 e. The van der Waals surface area contributed by atoms with Crippen LogP contribution in [-0.4, -0.2) is 30.0 Å². The molecule has 3 aromatic rings. The lowest BCUT2D eigenvalue weighted by atomic mass is 10.1. The molecule has 2 aromatic heterocycles. The van der Waals surface area contributed by atoms with E-state index < -0.39 is 0 Å². The van der Waals surface area contributed by atoms with Crippen molar-refractivity contribution < 1.29 is 0 Å². The summed E-state index contributed by atoms with van der Waals surface area (Å²) in [6, 6.07) is 5.66. The lowest BCUT2D eigenvalue weighted by molar-refractivity contribution is 0.762. The first kappa shape index (κ1) is 11.4. The van der Waals surface area contributed by atoms with E-state index >= 15 is 0 Å². The standard InChI is InChI=1S/C12H13N7/c1-8-5-9(13)3-4-11(8)12-15-16-17-19(12)10-6-14-18(2)7-10/h3-7H,13H2,1-2H3. The zero-order valence-electron chi connectivity index (χ0n) is 10.6. The molecule has 2 heterocycles. The smallest absolute Gasteiger partial charge is 0.187 e. The Hall–Kier alpha value is -2.70. The molecular formula is C12H13N7. The summed E-state index contributed by atoms with van der Waals surface area (Å²) in [7, 11) is 1.85. The first-order chi connectivity index (χ1) is 9.15. The SMILES string of the molecule is Cc1cc(N)ccc1-c1nnnn1-c1cnn(C)c1. The van der Waals surface area contributed by atoms with E-state index in [4.69, 9.17) is 5.73 Å². The van der Waals surface area contributed by atoms with Crippen LogP contribution in [0.25, 0.3) is 17.1 Å². The van der Waals surface area contributed by atoms with Crippen molar-refractivity contribution in [2.45, 2.75) is 6.92 Å². The summed E-state index contributed by atoms with van der Waals surface area (Å²) in [5.41, 5.74) is 9.28. The molecule has 0 bridgehead atoms. The number of rotatable bonds is 2. The normalized spacial score (nSPS) is 10.8. The van der Waals surface area contributed by atoms with E-state index in [-0.39, 0.29) is 0 Å². The summed E-state index contributed by atoms with van der Waals surface area (Å²) in [6.07, 6.45) is 3.57. The van der Waals surface area contributed by atoms with Gasteiger partial charge in [0.1, 0.15) is 5.69 Å². The average Bonchev–Trinajstić information content (AvgIpc) is 2.97. The van der Waals surface area contributed by atoms with Gasteiger partial charge in [-0.25, -0.2) is 0 Å². The Kier molecular flexibility index (Phi) is 2.52. The highest BCUT2D eigenvalue weighted by molar-refractivity contribution is 5.64. The number of benzene rings is 1. The van der Waals surface area contributed by atoms with Crippen molar-refractivity contribution in [2.75, 3.05) is 5.73 Å². The second-order valence-corrected chi connectivity index (χ2v) is 4.36. The number of hydrogen-bond acceptors (Lipinski definition) is 5. The van der Waals surface area contributed by atoms with Crippen molar-refractivity contribution in [1.29, 1.82) is 0 Å². The molecule has 3 rings (SSSR count). The van der Waals surface area contributed by atoms with Gasteiger partial charge in [0.25, 0.3) is 0 Å². The van der Waals surface area contributed by atoms with Crippen molar-refractivity contribution in [2.24, 2.45) is 7.05 Å². The number of nitrogens with zero attached hydrogens (tertiary/aromatic N) is 6. The fourth-order valence-corrected chi connectivity index (χ4v) is 1.98. The van der Waals surface area contributed by atoms with Gasteiger partial charge in [-0.2, -0.15) is 9.78 Å². The monoisotopic (exact) mass is 255 g/mol. The highest BCUT2D eigenvalue weighted by atomic mass is 15.5. The minimum absolute atomic E-state index is 0.672. The topological polar surface area (TPSA) is 87.4 Å². The van der Waals surface area contributed by atoms with E-state index in [0.717, 1.165) is 22.5 Å². The summed E-state index contributed by atoms with van der Waals surface area (Å²) < 4.78 is 3.36. The number of hydrogen-bond donors (Lipinski definition) is 1. The predicted molar refractivity (Wildman–Crippen MR) is 70.5 cm³/mol. The van der Waals surface area contributed by atoms with Gasteiger partial charge < -0.3 is 5.73 Å². The Morgan fingerprint density at radius 3 is 2.79 bits per heavy atom. The molecule has 1 aromatic carbocycles. The third-order valence-electron chi connectivity index (χ3n) is 2.90. The lowest BCUT2D eigenvalue weighted by Crippen LogP contribution is -2.00. The van der Waals surface area contributed by atoms with Crippen molar-refractivity contribution in [3.05, 3.63) is 36.2 Å². The van der Waals surface area contributed by atoms with E-state index in [0.29, 0.717) is 5.82 Å². The molecule has 0 spiro atoms. The minimum atomic E-state index is 0.672. The van der Waals surface area contributed by atoms with Crippen LogP contribution in [0.4, 0.5) is 5.69 Å². The van der Waals surface area contributed by atoms with Crippen molar-refractivity contribution in [3.63, 3.8) is 0 Å². The molecule has 0 aliphatic heterocycles. The summed E-state index contributed by atoms with van der Waals surface area (Å²) in [4.78, 5) is 0. The van der Waals surface area contributed by atoms with Gasteiger partial charge in [-0.15, -0.1) is 5.10 Å². The number of aromatic nitrogens is 6. The highest BCUT2D eigenvalue weighted by Crippen LogP contribution is 2.24. The molecule has 7 heteroatoms. The Labute approximate surface area is 109 Å². The van der Waals surface area contributed by atoms with Crippen LogP contribution in [0, 0.1) is 6.92 Å². The van der Waals surface area contributed by atoms with Crippen molar-refractivity contribution >= 4 is 5.69 Å². The van der Waals surface area contributed by atoms with Gasteiger partial charge in [-0.3, -0.25) is 4.68 Å². The van der Waals surface area contributed by atoms with E-state index in [9.17, 15) is 0 Å². The molecule has 0 aliphatic rings. The first-order valence-electron chi connectivity index (χ1n) is 5.79. The molecular weight excluding hydrogens is 242 g/mol. The Morgan fingerprint density at radius 1 is 1.26 bits per heavy atom. The molecule has 7 nitrogen and oxygen atoms in total. The van der Waals surface area contributed by atoms with Crippen LogP contribution in [0.5, 0.6) is 0 Å². The average molecular weight is 255 g/mol. The van der Waals surface area contributed by atoms with Gasteiger partial charge in [0.05, 0.1) is 12.4 Å². The quantitative estimate of drug-likeness (QED) is 0.689. The van der Waals surface area contributed by atoms with Crippen LogP contribution < -0.4 is 5.73 Å². The molecule has 19 heavy (non-hydrogen) atoms. The van der Waals surface area contributed by atoms with Crippen LogP contribution in [0.1, 0.15) is 5.56 Å². The molecule has 0 aliphatic carbocycles. The first-order valence-corrected chi connectivity index (χ1v) is 5.79. The number of anilines is 1. The molecule has 0 amide bonds. The van der Waals surface area contributed by atoms with E-state index in [1.54, 1.807) is 15.6 Å². The molecule has 0 atom stereocenters. The summed E-state index contributed by atoms with van der Waals surface area (Å²) in [6.45, 7) is 1.98. The third-order valence-corrected chi connectivity index (χ3v) is 2.90. The van der Waals surface area contributed by atoms with Gasteiger partial charge in [0, 0.05) is 18.3 Å². The van der Waals surface area contributed by atoms with Crippen molar-refractivity contribution in [3.8, 4) is 17.1 Å². The molecule has 96 valence electrons. The zero-order valence-corrected chi connectivity index (χ0v) is 10.6. The maximum absolute atomic E-state index is 5.76. The van der Waals surface area contributed by atoms with Gasteiger partial charge >= 0.3 is 0 Å². The third kappa shape index (κ3) is 1.95. The fraction of sp³-hybridized carbons (Fsp3) is 0.167. The second kappa shape index (κ2) is 4.20. The largest absolute Gasteiger partial charge is 0.399 e. The van der Waals surface area contributed by atoms with Crippen LogP contribution in [0.2, 0.25) is 0 Å². The van der Waals surface area contributed by atoms with Gasteiger partial charge in [-0.1, -0.05) is 0 Å². The number of nitrogen functional groups attached to an aromatic ring is 1. The van der Waals surface area contributed by atoms with Crippen LogP contribution in [0.3, 0.4) is 0 Å². The Morgan fingerprint density at radius 2 is 2.11 bits per heavy atom. The number of tetrazole rings is 1. The fourth-order valence-electron chi connectivity index (χ4n) is 1.98. The summed E-state index contributed by atoms with van der Waals surface area (Å²) in [5.74, 6) is 0.672. The molecule has 0 saturated carbocycles. The molecule has 0 fully saturated rings. The van der Waals surface area contributed by atoms with Crippen LogP contribution >= 0.6 is 0 Å². The van der Waals surface area contributed by atoms with E-state index in [2.05, 4.69) is 20.6 Å². The van der Waals surface area contributed by atoms with E-state index in [1.807, 2.05) is 38.4 Å². The van der Waals surface area contributed by atoms with Crippen molar-refractivity contribution in [1.82, 2.24) is 30.0 Å². The molecule has 2 N–H and O–H groups in total. The lowest BCUT2D eigenvalue weighted by Gasteiger charge is -2.06. The minimum Gasteiger partial charge on any atom is -0.399 e. The Balaban J connectivity index is 2.14. The highest BCUT2D eigenvalue weighted by Gasteiger charge is 2.13. The van der Waals surface area contributed by atoms with Gasteiger partial charge in [-0.05, 0) is 41.1 Å². The van der Waals surface area contributed by atoms with Gasteiger partial charge in [0.2, 0.25) is 0 Å². The van der Waals surface area contributed by atoms with Crippen LogP contribution in [0.15, 0.2) is 30.6 Å². The second-order valence-electron chi connectivity index (χ2n) is 4.36. The van der Waals surface area contributed by atoms with E-state index in [1.165, 1.54) is 0 Å². The zero-order chi connectivity index (χ0) is 13.4. The summed E-state index contributed by atoms with van der Waals surface area (Å²) in [5, 5.41) is 16.0. The molecule has 0 saturated heterocycles. The molecule has 0 radical (unpaired) electrons. The predicted octanol–water partition coefficient (Wildman–Crippen LogP) is 0.953. The maximum atomic E-state index is 5.76. The number of nitrogens with two attached hydrogens (primary N) is 1. The molecule has 0 unspecified atom stereocenters. The van der Waals surface area contributed by atoms with Crippen LogP contribution in [-0.2, 0) is 7.05 Å². The number of aryl methyl sites for hydroxylation is 2. The Bertz CT molecular complexity index is 725. The summed E-state index contributed by atoms with van der Waals surface area (Å²) >= 11 is 0.